The summed E-state index contributed by atoms with van der Waals surface area (Å²) in [6.07, 6.45) is 0. The quantitative estimate of drug-likeness (QED) is 0.594. The Morgan fingerprint density at radius 2 is 1.58 bits per heavy atom. The van der Waals surface area contributed by atoms with Crippen molar-refractivity contribution in [3.8, 4) is 0 Å². The van der Waals surface area contributed by atoms with Crippen molar-refractivity contribution in [3.63, 3.8) is 0 Å². The van der Waals surface area contributed by atoms with E-state index in [-0.39, 0.29) is 4.47 Å². The van der Waals surface area contributed by atoms with Gasteiger partial charge in [0.2, 0.25) is 5.78 Å². The number of carbonyl (C=O) groups is 1. The van der Waals surface area contributed by atoms with Crippen LogP contribution in [-0.4, -0.2) is 5.78 Å². The minimum absolute atomic E-state index is 0.0127. The lowest BCUT2D eigenvalue weighted by atomic mass is 10.0. The molecule has 19 heavy (non-hydrogen) atoms. The summed E-state index contributed by atoms with van der Waals surface area (Å²) < 4.78 is 53.3. The molecule has 0 spiro atoms. The topological polar surface area (TPSA) is 17.1 Å². The van der Waals surface area contributed by atoms with E-state index in [1.54, 1.807) is 0 Å². The second-order valence-corrected chi connectivity index (χ2v) is 4.53. The molecule has 0 aromatic heterocycles. The maximum Gasteiger partial charge on any atom is 0.201 e. The summed E-state index contributed by atoms with van der Waals surface area (Å²) in [6.45, 7) is 0. The molecule has 0 bridgehead atoms. The minimum atomic E-state index is -1.37. The van der Waals surface area contributed by atoms with E-state index in [1.807, 2.05) is 0 Å². The first-order chi connectivity index (χ1) is 8.91. The maximum atomic E-state index is 13.7. The van der Waals surface area contributed by atoms with Gasteiger partial charge in [-0.2, -0.15) is 0 Å². The number of ketones is 1. The molecular formula is C13H5BrF4O. The van der Waals surface area contributed by atoms with Crippen LogP contribution >= 0.6 is 15.9 Å². The molecule has 2 rings (SSSR count). The average Bonchev–Trinajstić information content (AvgIpc) is 2.31. The number of carbonyl (C=O) groups excluding carboxylic acids is 1. The molecule has 6 heteroatoms. The molecule has 0 N–H and O–H groups in total. The Morgan fingerprint density at radius 3 is 2.16 bits per heavy atom. The zero-order chi connectivity index (χ0) is 14.2. The highest BCUT2D eigenvalue weighted by atomic mass is 79.9. The first-order valence-electron chi connectivity index (χ1n) is 5.05. The third kappa shape index (κ3) is 2.53. The average molecular weight is 333 g/mol. The maximum absolute atomic E-state index is 13.7. The van der Waals surface area contributed by atoms with Crippen LogP contribution in [0.2, 0.25) is 0 Å². The van der Waals surface area contributed by atoms with Crippen LogP contribution in [0.1, 0.15) is 15.9 Å². The zero-order valence-corrected chi connectivity index (χ0v) is 10.8. The first-order valence-corrected chi connectivity index (χ1v) is 5.84. The lowest BCUT2D eigenvalue weighted by Gasteiger charge is -2.06. The predicted molar refractivity (Wildman–Crippen MR) is 63.8 cm³/mol. The Bertz CT molecular complexity index is 647. The monoisotopic (exact) mass is 332 g/mol. The standard InChI is InChI=1S/C13H5BrF4O/c14-8-3-1-2-7(12(8)18)13(19)11-9(16)4-6(15)5-10(11)17/h1-5H. The van der Waals surface area contributed by atoms with E-state index in [1.165, 1.54) is 12.1 Å². The number of halogens is 5. The van der Waals surface area contributed by atoms with Crippen molar-refractivity contribution in [2.45, 2.75) is 0 Å². The fourth-order valence-corrected chi connectivity index (χ4v) is 1.94. The highest BCUT2D eigenvalue weighted by Crippen LogP contribution is 2.24. The van der Waals surface area contributed by atoms with E-state index in [9.17, 15) is 22.4 Å². The van der Waals surface area contributed by atoms with Crippen LogP contribution < -0.4 is 0 Å². The Labute approximate surface area is 114 Å². The molecule has 1 nitrogen and oxygen atoms in total. The van der Waals surface area contributed by atoms with Gasteiger partial charge in [0.1, 0.15) is 23.3 Å². The van der Waals surface area contributed by atoms with Crippen LogP contribution in [0, 0.1) is 23.3 Å². The molecule has 0 amide bonds. The summed E-state index contributed by atoms with van der Waals surface area (Å²) in [5.41, 5.74) is -1.49. The van der Waals surface area contributed by atoms with E-state index < -0.39 is 40.2 Å². The molecule has 0 saturated carbocycles. The fraction of sp³-hybridized carbons (Fsp3) is 0. The van der Waals surface area contributed by atoms with Crippen LogP contribution in [0.5, 0.6) is 0 Å². The highest BCUT2D eigenvalue weighted by Gasteiger charge is 2.23. The summed E-state index contributed by atoms with van der Waals surface area (Å²) in [6, 6.07) is 4.51. The van der Waals surface area contributed by atoms with Crippen molar-refractivity contribution in [3.05, 3.63) is 69.2 Å². The molecule has 2 aromatic rings. The van der Waals surface area contributed by atoms with Crippen molar-refractivity contribution in [1.29, 1.82) is 0 Å². The highest BCUT2D eigenvalue weighted by molar-refractivity contribution is 9.10. The van der Waals surface area contributed by atoms with Crippen molar-refractivity contribution in [1.82, 2.24) is 0 Å². The lowest BCUT2D eigenvalue weighted by Crippen LogP contribution is -2.10. The molecule has 0 fully saturated rings. The first kappa shape index (κ1) is 13.7. The van der Waals surface area contributed by atoms with Gasteiger partial charge in [0.25, 0.3) is 0 Å². The van der Waals surface area contributed by atoms with Gasteiger partial charge in [-0.05, 0) is 28.1 Å². The summed E-state index contributed by atoms with van der Waals surface area (Å²) >= 11 is 2.86. The van der Waals surface area contributed by atoms with Crippen LogP contribution in [0.15, 0.2) is 34.8 Å². The summed E-state index contributed by atoms with van der Waals surface area (Å²) in [5.74, 6) is -6.02. The molecule has 0 aliphatic carbocycles. The van der Waals surface area contributed by atoms with Gasteiger partial charge in [-0.15, -0.1) is 0 Å². The van der Waals surface area contributed by atoms with Crippen molar-refractivity contribution < 1.29 is 22.4 Å². The second kappa shape index (κ2) is 5.13. The van der Waals surface area contributed by atoms with Crippen molar-refractivity contribution >= 4 is 21.7 Å². The number of benzene rings is 2. The van der Waals surface area contributed by atoms with E-state index in [0.29, 0.717) is 12.1 Å². The second-order valence-electron chi connectivity index (χ2n) is 3.67. The fourth-order valence-electron chi connectivity index (χ4n) is 1.57. The van der Waals surface area contributed by atoms with Crippen LogP contribution in [-0.2, 0) is 0 Å². The SMILES string of the molecule is O=C(c1cccc(Br)c1F)c1c(F)cc(F)cc1F. The third-order valence-corrected chi connectivity index (χ3v) is 3.04. The van der Waals surface area contributed by atoms with Gasteiger partial charge in [-0.1, -0.05) is 6.07 Å². The molecule has 2 aromatic carbocycles. The predicted octanol–water partition coefficient (Wildman–Crippen LogP) is 4.24. The molecule has 0 radical (unpaired) electrons. The van der Waals surface area contributed by atoms with E-state index in [0.717, 1.165) is 6.07 Å². The number of hydrogen-bond donors (Lipinski definition) is 0. The van der Waals surface area contributed by atoms with E-state index >= 15 is 0 Å². The molecular weight excluding hydrogens is 328 g/mol. The molecule has 0 saturated heterocycles. The van der Waals surface area contributed by atoms with Gasteiger partial charge in [0, 0.05) is 12.1 Å². The van der Waals surface area contributed by atoms with Gasteiger partial charge in [-0.3, -0.25) is 4.79 Å². The molecule has 0 aliphatic heterocycles. The van der Waals surface area contributed by atoms with Gasteiger partial charge in [-0.25, -0.2) is 17.6 Å². The molecule has 0 unspecified atom stereocenters. The van der Waals surface area contributed by atoms with Gasteiger partial charge >= 0.3 is 0 Å². The summed E-state index contributed by atoms with van der Waals surface area (Å²) in [4.78, 5) is 11.9. The smallest absolute Gasteiger partial charge is 0.201 e. The normalized spacial score (nSPS) is 10.6. The number of rotatable bonds is 2. The van der Waals surface area contributed by atoms with Gasteiger partial charge in [0.15, 0.2) is 0 Å². The Morgan fingerprint density at radius 1 is 1.00 bits per heavy atom. The Balaban J connectivity index is 2.60. The van der Waals surface area contributed by atoms with Gasteiger partial charge in [0.05, 0.1) is 15.6 Å². The lowest BCUT2D eigenvalue weighted by molar-refractivity contribution is 0.102. The van der Waals surface area contributed by atoms with Crippen molar-refractivity contribution in [2.24, 2.45) is 0 Å². The Kier molecular flexibility index (Phi) is 3.71. The Hall–Kier alpha value is -1.69. The zero-order valence-electron chi connectivity index (χ0n) is 9.18. The molecule has 0 aliphatic rings. The molecule has 98 valence electrons. The van der Waals surface area contributed by atoms with Crippen LogP contribution in [0.4, 0.5) is 17.6 Å². The van der Waals surface area contributed by atoms with E-state index in [2.05, 4.69) is 15.9 Å². The van der Waals surface area contributed by atoms with E-state index in [4.69, 9.17) is 0 Å². The molecule has 0 heterocycles. The minimum Gasteiger partial charge on any atom is -0.288 e. The number of hydrogen-bond acceptors (Lipinski definition) is 1. The van der Waals surface area contributed by atoms with Crippen LogP contribution in [0.3, 0.4) is 0 Å². The summed E-state index contributed by atoms with van der Waals surface area (Å²) in [7, 11) is 0. The largest absolute Gasteiger partial charge is 0.288 e. The summed E-state index contributed by atoms with van der Waals surface area (Å²) in [5, 5.41) is 0. The third-order valence-electron chi connectivity index (χ3n) is 2.43. The van der Waals surface area contributed by atoms with Crippen LogP contribution in [0.25, 0.3) is 0 Å². The van der Waals surface area contributed by atoms with Gasteiger partial charge < -0.3 is 0 Å². The molecule has 0 atom stereocenters. The van der Waals surface area contributed by atoms with Crippen molar-refractivity contribution in [2.75, 3.05) is 0 Å².